The fourth-order valence-corrected chi connectivity index (χ4v) is 5.36. The van der Waals surface area contributed by atoms with Gasteiger partial charge in [0.1, 0.15) is 73.2 Å². The van der Waals surface area contributed by atoms with Gasteiger partial charge >= 0.3 is 0 Å². The standard InChI is InChI=1S/C25H45NO17/c1-7(30)14(32)22(11(31)5-28)42-25-21(39)19(37)23(12(6-29)41-25)43-24-20(38)17(35)13(8(2)40-24)26-10-3-9(4-27)15(33)18(36)16(10)34/h3,7-8,10-39H,4-6H2,1-2H3/t7?,8-,10?,11-,12?,13?,14+,15-,16+,17+,18?,19?,20?,21-,22?,23?,24?,25-/m1/s1. The van der Waals surface area contributed by atoms with Gasteiger partial charge in [0.25, 0.3) is 0 Å². The van der Waals surface area contributed by atoms with Crippen LogP contribution in [0.25, 0.3) is 0 Å². The van der Waals surface area contributed by atoms with Crippen molar-refractivity contribution in [3.8, 4) is 0 Å². The molecule has 43 heavy (non-hydrogen) atoms. The summed E-state index contributed by atoms with van der Waals surface area (Å²) in [6.07, 6.45) is -24.8. The largest absolute Gasteiger partial charge is 0.394 e. The van der Waals surface area contributed by atoms with Crippen LogP contribution in [0.2, 0.25) is 0 Å². The number of hydrogen-bond acceptors (Lipinski definition) is 18. The van der Waals surface area contributed by atoms with E-state index in [1.54, 1.807) is 0 Å². The molecule has 0 aromatic carbocycles. The van der Waals surface area contributed by atoms with Gasteiger partial charge in [-0.1, -0.05) is 6.08 Å². The van der Waals surface area contributed by atoms with Crippen LogP contribution >= 0.6 is 0 Å². The molecule has 0 amide bonds. The molecular formula is C25H45NO17. The van der Waals surface area contributed by atoms with Crippen LogP contribution in [0, 0.1) is 0 Å². The summed E-state index contributed by atoms with van der Waals surface area (Å²) in [7, 11) is 0. The van der Waals surface area contributed by atoms with Crippen molar-refractivity contribution < 1.29 is 85.3 Å². The summed E-state index contributed by atoms with van der Waals surface area (Å²) in [6.45, 7) is 0.302. The summed E-state index contributed by atoms with van der Waals surface area (Å²) in [5.41, 5.74) is 0.0238. The van der Waals surface area contributed by atoms with Crippen molar-refractivity contribution in [1.29, 1.82) is 0 Å². The van der Waals surface area contributed by atoms with E-state index in [4.69, 9.17) is 18.9 Å². The predicted octanol–water partition coefficient (Wildman–Crippen LogP) is -7.90. The van der Waals surface area contributed by atoms with Crippen LogP contribution < -0.4 is 5.32 Å². The van der Waals surface area contributed by atoms with Crippen molar-refractivity contribution in [2.24, 2.45) is 0 Å². The van der Waals surface area contributed by atoms with E-state index in [2.05, 4.69) is 5.32 Å². The molecule has 2 fully saturated rings. The third-order valence-electron chi connectivity index (χ3n) is 8.03. The molecule has 18 heteroatoms. The van der Waals surface area contributed by atoms with Gasteiger partial charge in [-0.25, -0.2) is 0 Å². The molecule has 18 nitrogen and oxygen atoms in total. The Labute approximate surface area is 246 Å². The Hall–Kier alpha value is -0.980. The van der Waals surface area contributed by atoms with Crippen LogP contribution in [0.4, 0.5) is 0 Å². The average molecular weight is 632 g/mol. The highest BCUT2D eigenvalue weighted by Crippen LogP contribution is 2.31. The summed E-state index contributed by atoms with van der Waals surface area (Å²) < 4.78 is 22.2. The number of aliphatic hydroxyl groups excluding tert-OH is 13. The third kappa shape index (κ3) is 7.88. The lowest BCUT2D eigenvalue weighted by atomic mass is 9.86. The van der Waals surface area contributed by atoms with Crippen molar-refractivity contribution >= 4 is 0 Å². The van der Waals surface area contributed by atoms with Crippen molar-refractivity contribution in [2.45, 2.75) is 124 Å². The normalized spacial score (nSPS) is 45.2. The van der Waals surface area contributed by atoms with E-state index in [0.717, 1.165) is 0 Å². The lowest BCUT2D eigenvalue weighted by Crippen LogP contribution is -2.68. The summed E-state index contributed by atoms with van der Waals surface area (Å²) in [4.78, 5) is 0. The van der Waals surface area contributed by atoms with Gasteiger partial charge in [-0.05, 0) is 19.4 Å². The van der Waals surface area contributed by atoms with Gasteiger partial charge < -0.3 is 90.6 Å². The number of nitrogens with one attached hydrogen (secondary N) is 1. The summed E-state index contributed by atoms with van der Waals surface area (Å²) in [5.74, 6) is 0. The Kier molecular flexibility index (Phi) is 13.2. The molecule has 0 saturated carbocycles. The second-order valence-corrected chi connectivity index (χ2v) is 11.1. The van der Waals surface area contributed by atoms with E-state index in [9.17, 15) is 66.4 Å². The van der Waals surface area contributed by atoms with Gasteiger partial charge in [0.15, 0.2) is 12.6 Å². The van der Waals surface area contributed by atoms with Crippen LogP contribution in [-0.2, 0) is 18.9 Å². The minimum absolute atomic E-state index is 0.0238. The maximum absolute atomic E-state index is 10.9. The minimum Gasteiger partial charge on any atom is -0.394 e. The molecule has 0 spiro atoms. The molecule has 14 N–H and O–H groups in total. The van der Waals surface area contributed by atoms with E-state index in [0.29, 0.717) is 0 Å². The molecule has 10 unspecified atom stereocenters. The highest BCUT2D eigenvalue weighted by molar-refractivity contribution is 5.22. The van der Waals surface area contributed by atoms with Crippen molar-refractivity contribution in [2.75, 3.05) is 19.8 Å². The van der Waals surface area contributed by atoms with Crippen LogP contribution in [0.1, 0.15) is 13.8 Å². The van der Waals surface area contributed by atoms with E-state index in [1.165, 1.54) is 19.9 Å². The predicted molar refractivity (Wildman–Crippen MR) is 139 cm³/mol. The molecule has 3 aliphatic rings. The molecule has 1 aliphatic carbocycles. The molecule has 0 radical (unpaired) electrons. The molecule has 2 aliphatic heterocycles. The first-order valence-electron chi connectivity index (χ1n) is 13.9. The molecule has 0 aromatic heterocycles. The lowest BCUT2D eigenvalue weighted by Gasteiger charge is -2.48. The van der Waals surface area contributed by atoms with E-state index in [1.807, 2.05) is 0 Å². The SMILES string of the molecule is CC(O)[C@H](O)C(O[C@H]1OC(CO)C(OC2O[C@H](C)C(NC3C=C(CO)[C@@H](O)C(O)[C@H]3O)[C@H](O)C2O)C(O)[C@H]1O)[C@H](O)CO. The van der Waals surface area contributed by atoms with Crippen LogP contribution in [0.3, 0.4) is 0 Å². The Morgan fingerprint density at radius 3 is 2.02 bits per heavy atom. The Balaban J connectivity index is 1.70. The van der Waals surface area contributed by atoms with Gasteiger partial charge in [0, 0.05) is 0 Å². The van der Waals surface area contributed by atoms with Crippen molar-refractivity contribution in [3.63, 3.8) is 0 Å². The molecule has 18 atom stereocenters. The van der Waals surface area contributed by atoms with Gasteiger partial charge in [-0.15, -0.1) is 0 Å². The molecule has 3 rings (SSSR count). The van der Waals surface area contributed by atoms with Crippen LogP contribution in [0.5, 0.6) is 0 Å². The fourth-order valence-electron chi connectivity index (χ4n) is 5.36. The third-order valence-corrected chi connectivity index (χ3v) is 8.03. The van der Waals surface area contributed by atoms with E-state index in [-0.39, 0.29) is 5.57 Å². The lowest BCUT2D eigenvalue weighted by molar-refractivity contribution is -0.361. The highest BCUT2D eigenvalue weighted by Gasteiger charge is 2.52. The Morgan fingerprint density at radius 1 is 0.837 bits per heavy atom. The zero-order valence-electron chi connectivity index (χ0n) is 23.5. The monoisotopic (exact) mass is 631 g/mol. The topological polar surface area (TPSA) is 312 Å². The molecule has 0 bridgehead atoms. The fraction of sp³-hybridized carbons (Fsp3) is 0.920. The van der Waals surface area contributed by atoms with Gasteiger partial charge in [-0.3, -0.25) is 0 Å². The second-order valence-electron chi connectivity index (χ2n) is 11.1. The zero-order valence-corrected chi connectivity index (χ0v) is 23.5. The second kappa shape index (κ2) is 15.5. The van der Waals surface area contributed by atoms with Gasteiger partial charge in [0.05, 0.1) is 44.1 Å². The Bertz CT molecular complexity index is 896. The Morgan fingerprint density at radius 2 is 1.47 bits per heavy atom. The van der Waals surface area contributed by atoms with Crippen molar-refractivity contribution in [3.05, 3.63) is 11.6 Å². The molecule has 0 aromatic rings. The summed E-state index contributed by atoms with van der Waals surface area (Å²) in [5, 5.41) is 135. The van der Waals surface area contributed by atoms with Crippen LogP contribution in [-0.4, -0.2) is 196 Å². The molecule has 2 heterocycles. The first kappa shape index (κ1) is 36.5. The smallest absolute Gasteiger partial charge is 0.187 e. The number of rotatable bonds is 12. The first-order valence-corrected chi connectivity index (χ1v) is 13.9. The molecule has 2 saturated heterocycles. The number of hydrogen-bond donors (Lipinski definition) is 14. The summed E-state index contributed by atoms with van der Waals surface area (Å²) >= 11 is 0. The van der Waals surface area contributed by atoms with Gasteiger partial charge in [0.2, 0.25) is 0 Å². The molecule has 252 valence electrons. The molecular weight excluding hydrogens is 586 g/mol. The maximum atomic E-state index is 10.9. The average Bonchev–Trinajstić information content (AvgIpc) is 2.98. The van der Waals surface area contributed by atoms with Crippen molar-refractivity contribution in [1.82, 2.24) is 5.32 Å². The quantitative estimate of drug-likeness (QED) is 0.0889. The first-order chi connectivity index (χ1) is 20.2. The maximum Gasteiger partial charge on any atom is 0.187 e. The van der Waals surface area contributed by atoms with Crippen LogP contribution in [0.15, 0.2) is 11.6 Å². The highest BCUT2D eigenvalue weighted by atomic mass is 16.7. The number of ether oxygens (including phenoxy) is 4. The van der Waals surface area contributed by atoms with E-state index < -0.39 is 130 Å². The van der Waals surface area contributed by atoms with E-state index >= 15 is 0 Å². The number of aliphatic hydroxyl groups is 13. The zero-order chi connectivity index (χ0) is 32.3. The minimum atomic E-state index is -1.94. The summed E-state index contributed by atoms with van der Waals surface area (Å²) in [6, 6.07) is -2.16. The van der Waals surface area contributed by atoms with Gasteiger partial charge in [-0.2, -0.15) is 0 Å².